The number of nitrogens with two attached hydrogens (primary N) is 2. The lowest BCUT2D eigenvalue weighted by Crippen LogP contribution is -2.31. The van der Waals surface area contributed by atoms with E-state index in [0.717, 1.165) is 5.92 Å². The summed E-state index contributed by atoms with van der Waals surface area (Å²) in [6.07, 6.45) is 2.57. The second-order valence-electron chi connectivity index (χ2n) is 5.08. The van der Waals surface area contributed by atoms with Crippen molar-refractivity contribution in [3.63, 3.8) is 0 Å². The minimum Gasteiger partial charge on any atom is -0.476 e. The van der Waals surface area contributed by atoms with E-state index in [-0.39, 0.29) is 5.88 Å². The molecule has 0 aliphatic heterocycles. The van der Waals surface area contributed by atoms with Gasteiger partial charge in [-0.1, -0.05) is 12.1 Å². The third kappa shape index (κ3) is 1.90. The molecule has 2 aliphatic rings. The van der Waals surface area contributed by atoms with Gasteiger partial charge in [-0.15, -0.1) is 0 Å². The van der Waals surface area contributed by atoms with Crippen molar-refractivity contribution in [2.75, 3.05) is 0 Å². The molecule has 19 heavy (non-hydrogen) atoms. The van der Waals surface area contributed by atoms with E-state index in [1.165, 1.54) is 18.4 Å². The van der Waals surface area contributed by atoms with Gasteiger partial charge in [-0.3, -0.25) is 5.43 Å². The summed E-state index contributed by atoms with van der Waals surface area (Å²) >= 11 is 0. The van der Waals surface area contributed by atoms with E-state index in [1.807, 2.05) is 12.1 Å². The van der Waals surface area contributed by atoms with Crippen LogP contribution in [0.25, 0.3) is 0 Å². The summed E-state index contributed by atoms with van der Waals surface area (Å²) in [4.78, 5) is 10.7. The highest BCUT2D eigenvalue weighted by Crippen LogP contribution is 2.75. The molecule has 100 valence electrons. The van der Waals surface area contributed by atoms with Crippen molar-refractivity contribution in [3.05, 3.63) is 41.4 Å². The van der Waals surface area contributed by atoms with Crippen LogP contribution in [0.5, 0.6) is 5.75 Å². The van der Waals surface area contributed by atoms with Gasteiger partial charge in [0.15, 0.2) is 5.70 Å². The van der Waals surface area contributed by atoms with E-state index >= 15 is 0 Å². The molecule has 0 saturated heterocycles. The average molecular weight is 261 g/mol. The van der Waals surface area contributed by atoms with Crippen molar-refractivity contribution in [1.82, 2.24) is 5.43 Å². The molecule has 2 saturated carbocycles. The predicted molar refractivity (Wildman–Crippen MR) is 67.6 cm³/mol. The number of benzene rings is 1. The highest BCUT2D eigenvalue weighted by atomic mass is 16.5. The molecule has 2 fully saturated rings. The van der Waals surface area contributed by atoms with E-state index in [0.29, 0.717) is 11.2 Å². The Morgan fingerprint density at radius 1 is 1.37 bits per heavy atom. The summed E-state index contributed by atoms with van der Waals surface area (Å²) in [7, 11) is 0. The molecule has 0 aromatic heterocycles. The van der Waals surface area contributed by atoms with Gasteiger partial charge in [0, 0.05) is 0 Å². The fourth-order valence-corrected chi connectivity index (χ4v) is 2.41. The Kier molecular flexibility index (Phi) is 2.43. The molecular formula is C13H15N3O3. The van der Waals surface area contributed by atoms with E-state index in [1.54, 1.807) is 12.1 Å². The summed E-state index contributed by atoms with van der Waals surface area (Å²) in [5.41, 5.74) is 8.80. The van der Waals surface area contributed by atoms with Gasteiger partial charge in [-0.2, -0.15) is 0 Å². The number of rotatable bonds is 5. The quantitative estimate of drug-likeness (QED) is 0.264. The number of carboxylic acid groups (broad SMARTS) is 1. The lowest BCUT2D eigenvalue weighted by molar-refractivity contribution is -0.132. The van der Waals surface area contributed by atoms with E-state index in [4.69, 9.17) is 21.4 Å². The molecule has 0 amide bonds. The lowest BCUT2D eigenvalue weighted by Gasteiger charge is -2.11. The maximum atomic E-state index is 10.7. The van der Waals surface area contributed by atoms with Crippen LogP contribution in [0.1, 0.15) is 18.4 Å². The van der Waals surface area contributed by atoms with Crippen LogP contribution < -0.4 is 21.7 Å². The predicted octanol–water partition coefficient (Wildman–Crippen LogP) is 0.402. The van der Waals surface area contributed by atoms with Crippen LogP contribution in [0.4, 0.5) is 0 Å². The molecule has 1 aromatic rings. The molecule has 6 nitrogen and oxygen atoms in total. The largest absolute Gasteiger partial charge is 0.476 e. The smallest absolute Gasteiger partial charge is 0.357 e. The van der Waals surface area contributed by atoms with Crippen LogP contribution in [0.2, 0.25) is 0 Å². The van der Waals surface area contributed by atoms with Crippen molar-refractivity contribution < 1.29 is 14.6 Å². The monoisotopic (exact) mass is 261 g/mol. The normalized spacial score (nSPS) is 27.9. The molecule has 6 N–H and O–H groups in total. The fraction of sp³-hybridized carbons (Fsp3) is 0.308. The Hall–Kier alpha value is -2.21. The molecule has 0 unspecified atom stereocenters. The molecule has 6 heteroatoms. The Labute approximate surface area is 110 Å². The van der Waals surface area contributed by atoms with E-state index in [9.17, 15) is 4.79 Å². The lowest BCUT2D eigenvalue weighted by atomic mass is 10.0. The Bertz CT molecular complexity index is 559. The van der Waals surface area contributed by atoms with Crippen LogP contribution in [-0.2, 0) is 10.2 Å². The number of nitrogens with one attached hydrogen (secondary N) is 1. The molecule has 3 rings (SSSR count). The molecule has 0 spiro atoms. The molecule has 0 heterocycles. The summed E-state index contributed by atoms with van der Waals surface area (Å²) in [6.45, 7) is 0. The second kappa shape index (κ2) is 3.89. The van der Waals surface area contributed by atoms with Crippen molar-refractivity contribution in [3.8, 4) is 5.75 Å². The number of ether oxygens (including phenoxy) is 1. The van der Waals surface area contributed by atoms with Crippen LogP contribution in [0.3, 0.4) is 0 Å². The Morgan fingerprint density at radius 3 is 2.37 bits per heavy atom. The fourth-order valence-electron chi connectivity index (χ4n) is 2.41. The molecule has 1 aromatic carbocycles. The topological polar surface area (TPSA) is 111 Å². The zero-order chi connectivity index (χ0) is 13.6. The SMILES string of the molecule is NN/C(Oc1ccc(C23CC2C3)cc1)=C(\N)C(=O)O. The maximum Gasteiger partial charge on any atom is 0.357 e. The van der Waals surface area contributed by atoms with Crippen molar-refractivity contribution in [2.24, 2.45) is 17.5 Å². The first-order chi connectivity index (χ1) is 9.06. The van der Waals surface area contributed by atoms with Gasteiger partial charge in [0.25, 0.3) is 0 Å². The minimum atomic E-state index is -1.29. The first kappa shape index (κ1) is 11.9. The zero-order valence-electron chi connectivity index (χ0n) is 10.2. The van der Waals surface area contributed by atoms with E-state index in [2.05, 4.69) is 5.43 Å². The summed E-state index contributed by atoms with van der Waals surface area (Å²) in [6, 6.07) is 7.61. The average Bonchev–Trinajstić information content (AvgIpc) is 3.25. The minimum absolute atomic E-state index is 0.172. The van der Waals surface area contributed by atoms with Gasteiger partial charge in [0.1, 0.15) is 5.75 Å². The maximum absolute atomic E-state index is 10.7. The third-order valence-corrected chi connectivity index (χ3v) is 3.94. The molecule has 0 atom stereocenters. The van der Waals surface area contributed by atoms with Crippen molar-refractivity contribution in [1.29, 1.82) is 0 Å². The number of carbonyl (C=O) groups is 1. The first-order valence-corrected chi connectivity index (χ1v) is 6.05. The zero-order valence-corrected chi connectivity index (χ0v) is 10.2. The van der Waals surface area contributed by atoms with Gasteiger partial charge in [-0.25, -0.2) is 10.6 Å². The van der Waals surface area contributed by atoms with Crippen molar-refractivity contribution in [2.45, 2.75) is 18.3 Å². The van der Waals surface area contributed by atoms with Gasteiger partial charge in [0.2, 0.25) is 5.88 Å². The number of hydrazine groups is 1. The molecule has 0 radical (unpaired) electrons. The van der Waals surface area contributed by atoms with Gasteiger partial charge in [-0.05, 0) is 41.9 Å². The summed E-state index contributed by atoms with van der Waals surface area (Å²) in [5, 5.41) is 8.77. The number of hydrogen-bond acceptors (Lipinski definition) is 5. The molecule has 2 aliphatic carbocycles. The molecular weight excluding hydrogens is 246 g/mol. The summed E-state index contributed by atoms with van der Waals surface area (Å²) in [5.74, 6) is 5.11. The van der Waals surface area contributed by atoms with Crippen LogP contribution in [-0.4, -0.2) is 11.1 Å². The number of carboxylic acids is 1. The number of fused-ring (bicyclic) bond motifs is 1. The molecule has 0 bridgehead atoms. The van der Waals surface area contributed by atoms with Crippen LogP contribution in [0, 0.1) is 5.92 Å². The highest BCUT2D eigenvalue weighted by molar-refractivity contribution is 5.85. The van der Waals surface area contributed by atoms with E-state index < -0.39 is 11.7 Å². The third-order valence-electron chi connectivity index (χ3n) is 3.94. The Morgan fingerprint density at radius 2 is 1.95 bits per heavy atom. The van der Waals surface area contributed by atoms with Gasteiger partial charge < -0.3 is 15.6 Å². The highest BCUT2D eigenvalue weighted by Gasteiger charge is 2.70. The van der Waals surface area contributed by atoms with Crippen LogP contribution >= 0.6 is 0 Å². The van der Waals surface area contributed by atoms with Crippen LogP contribution in [0.15, 0.2) is 35.8 Å². The Balaban J connectivity index is 1.75. The van der Waals surface area contributed by atoms with Gasteiger partial charge >= 0.3 is 5.97 Å². The standard InChI is InChI=1S/C13H15N3O3/c14-10(12(17)18)11(16-15)19-9-3-1-7(2-4-9)13-5-8(13)6-13/h1-4,8,16H,5-6,14-15H2,(H,17,18)/b11-10+. The number of hydrogen-bond donors (Lipinski definition) is 4. The van der Waals surface area contributed by atoms with Crippen molar-refractivity contribution >= 4 is 5.97 Å². The second-order valence-corrected chi connectivity index (χ2v) is 5.08. The van der Waals surface area contributed by atoms with Gasteiger partial charge in [0.05, 0.1) is 0 Å². The first-order valence-electron chi connectivity index (χ1n) is 6.05. The number of aliphatic carboxylic acids is 1. The summed E-state index contributed by atoms with van der Waals surface area (Å²) < 4.78 is 5.33.